The van der Waals surface area contributed by atoms with Crippen LogP contribution < -0.4 is 9.80 Å². The average Bonchev–Trinajstić information content (AvgIpc) is 1.49. The molecule has 0 radical (unpaired) electrons. The number of hydrogen-bond donors (Lipinski definition) is 0. The molecule has 4 aliphatic carbocycles. The molecule has 0 bridgehead atoms. The molecule has 0 saturated carbocycles. The van der Waals surface area contributed by atoms with Crippen LogP contribution in [0.5, 0.6) is 0 Å². The lowest BCUT2D eigenvalue weighted by molar-refractivity contribution is 0.660. The number of thiophene rings is 2. The number of fused-ring (bicyclic) bond motifs is 22. The van der Waals surface area contributed by atoms with Crippen LogP contribution in [0, 0.1) is 0 Å². The second-order valence-corrected chi connectivity index (χ2v) is 38.8. The normalized spacial score (nSPS) is 13.3. The number of rotatable bonds is 14. The van der Waals surface area contributed by atoms with Crippen molar-refractivity contribution in [3.8, 4) is 111 Å². The van der Waals surface area contributed by atoms with Gasteiger partial charge < -0.3 is 9.80 Å². The van der Waals surface area contributed by atoms with Crippen molar-refractivity contribution in [2.75, 3.05) is 9.80 Å². The van der Waals surface area contributed by atoms with E-state index in [1.54, 1.807) is 0 Å². The number of hydrogen-bond acceptors (Lipinski definition) is 4. The van der Waals surface area contributed by atoms with E-state index in [0.29, 0.717) is 0 Å². The van der Waals surface area contributed by atoms with E-state index in [0.717, 1.165) is 28.4 Å². The fourth-order valence-electron chi connectivity index (χ4n) is 23.1. The largest absolute Gasteiger partial charge is 0.310 e. The van der Waals surface area contributed by atoms with E-state index in [-0.39, 0.29) is 5.41 Å². The van der Waals surface area contributed by atoms with Crippen LogP contribution in [0.4, 0.5) is 34.1 Å². The highest BCUT2D eigenvalue weighted by atomic mass is 32.1. The third-order valence-electron chi connectivity index (χ3n) is 29.3. The molecular weight excluding hydrogens is 1670 g/mol. The van der Waals surface area contributed by atoms with Gasteiger partial charge in [-0.25, -0.2) is 0 Å². The smallest absolute Gasteiger partial charge is 0.0725 e. The first-order valence-corrected chi connectivity index (χ1v) is 48.5. The molecule has 4 aliphatic rings. The fraction of sp³-hybridized carbons (Fsp3) is 0.0382. The summed E-state index contributed by atoms with van der Waals surface area (Å²) in [6, 6.07) is 185. The topological polar surface area (TPSA) is 6.48 Å². The summed E-state index contributed by atoms with van der Waals surface area (Å²) >= 11 is 3.78. The summed E-state index contributed by atoms with van der Waals surface area (Å²) < 4.78 is 5.16. The van der Waals surface area contributed by atoms with Crippen LogP contribution in [-0.4, -0.2) is 0 Å². The van der Waals surface area contributed by atoms with Gasteiger partial charge in [-0.3, -0.25) is 0 Å². The van der Waals surface area contributed by atoms with Gasteiger partial charge in [0, 0.05) is 74.9 Å². The lowest BCUT2D eigenvalue weighted by Crippen LogP contribution is -2.28. The van der Waals surface area contributed by atoms with Crippen LogP contribution in [0.3, 0.4) is 0 Å². The molecule has 4 heteroatoms. The Morgan fingerprint density at radius 2 is 0.489 bits per heavy atom. The van der Waals surface area contributed by atoms with Crippen LogP contribution in [0.15, 0.2) is 497 Å². The SMILES string of the molecule is CC1(C)c2ccccc2-c2ccc(N(c3ccc(-c4ccccc4)cc3)c3cc(-c4ccc5c(c4)C(c4ccccc4)(c4ccccc4)c4ccccc4-5)cc4c3sc3ccccc34)cc21.c1ccc(-c2ccc(N(c3ccc(-c4cc(-c5ccc6c(c5)C5(c7ccccc7-c7ccccc75)c5ccccc5-6)cc5c4sc4ccccc45)cc3)c3ccccc3-c3ccccc3)cc2)cc1. The van der Waals surface area contributed by atoms with Crippen LogP contribution >= 0.6 is 22.7 Å². The van der Waals surface area contributed by atoms with E-state index in [1.807, 2.05) is 22.7 Å². The van der Waals surface area contributed by atoms with Crippen molar-refractivity contribution in [2.24, 2.45) is 0 Å². The summed E-state index contributed by atoms with van der Waals surface area (Å²) in [6.07, 6.45) is 0. The Morgan fingerprint density at radius 1 is 0.170 bits per heavy atom. The monoisotopic (exact) mass is 1750 g/mol. The van der Waals surface area contributed by atoms with E-state index in [9.17, 15) is 0 Å². The molecule has 2 heterocycles. The zero-order chi connectivity index (χ0) is 89.5. The molecular formula is C131H88N2S2. The van der Waals surface area contributed by atoms with Gasteiger partial charge in [0.15, 0.2) is 0 Å². The highest BCUT2D eigenvalue weighted by Gasteiger charge is 2.52. The van der Waals surface area contributed by atoms with Crippen molar-refractivity contribution in [1.29, 1.82) is 0 Å². The summed E-state index contributed by atoms with van der Waals surface area (Å²) in [4.78, 5) is 4.93. The zero-order valence-corrected chi connectivity index (χ0v) is 76.2. The maximum absolute atomic E-state index is 2.52. The van der Waals surface area contributed by atoms with Crippen LogP contribution in [0.1, 0.15) is 69.5 Å². The van der Waals surface area contributed by atoms with E-state index in [4.69, 9.17) is 0 Å². The molecule has 2 aromatic heterocycles. The fourth-order valence-corrected chi connectivity index (χ4v) is 25.5. The third-order valence-corrected chi connectivity index (χ3v) is 31.7. The van der Waals surface area contributed by atoms with Crippen molar-refractivity contribution in [2.45, 2.75) is 30.1 Å². The number of benzene rings is 21. The Labute approximate surface area is 795 Å². The second-order valence-electron chi connectivity index (χ2n) is 36.7. The first kappa shape index (κ1) is 79.6. The minimum Gasteiger partial charge on any atom is -0.310 e. The molecule has 0 fully saturated rings. The van der Waals surface area contributed by atoms with E-state index < -0.39 is 10.8 Å². The van der Waals surface area contributed by atoms with E-state index in [2.05, 4.69) is 521 Å². The molecule has 0 saturated heterocycles. The van der Waals surface area contributed by atoms with Crippen LogP contribution in [0.2, 0.25) is 0 Å². The van der Waals surface area contributed by atoms with Crippen molar-refractivity contribution < 1.29 is 0 Å². The lowest BCUT2D eigenvalue weighted by atomic mass is 9.67. The van der Waals surface area contributed by atoms with Gasteiger partial charge in [-0.15, -0.1) is 22.7 Å². The minimum absolute atomic E-state index is 0.147. The first-order chi connectivity index (χ1) is 66.7. The average molecular weight is 1750 g/mol. The van der Waals surface area contributed by atoms with Gasteiger partial charge in [-0.2, -0.15) is 0 Å². The molecule has 2 nitrogen and oxygen atoms in total. The van der Waals surface area contributed by atoms with Gasteiger partial charge in [-0.05, 0) is 259 Å². The maximum Gasteiger partial charge on any atom is 0.0725 e. The summed E-state index contributed by atoms with van der Waals surface area (Å²) in [5.74, 6) is 0. The lowest BCUT2D eigenvalue weighted by Gasteiger charge is -2.34. The second kappa shape index (κ2) is 32.0. The van der Waals surface area contributed by atoms with E-state index >= 15 is 0 Å². The van der Waals surface area contributed by atoms with Crippen LogP contribution in [-0.2, 0) is 16.2 Å². The molecule has 0 atom stereocenters. The van der Waals surface area contributed by atoms with Gasteiger partial charge in [-0.1, -0.05) is 408 Å². The Balaban J connectivity index is 0.000000141. The minimum atomic E-state index is -0.492. The number of nitrogens with zero attached hydrogens (tertiary/aromatic N) is 2. The molecule has 0 aliphatic heterocycles. The summed E-state index contributed by atoms with van der Waals surface area (Å²) in [5, 5.41) is 5.13. The predicted molar refractivity (Wildman–Crippen MR) is 572 cm³/mol. The molecule has 27 rings (SSSR count). The Kier molecular flexibility index (Phi) is 18.9. The van der Waals surface area contributed by atoms with Gasteiger partial charge in [0.1, 0.15) is 0 Å². The quantitative estimate of drug-likeness (QED) is 0.107. The van der Waals surface area contributed by atoms with Gasteiger partial charge in [0.05, 0.1) is 26.9 Å². The Morgan fingerprint density at radius 3 is 0.985 bits per heavy atom. The van der Waals surface area contributed by atoms with Crippen molar-refractivity contribution in [1.82, 2.24) is 0 Å². The van der Waals surface area contributed by atoms with Gasteiger partial charge >= 0.3 is 0 Å². The molecule has 23 aromatic rings. The zero-order valence-electron chi connectivity index (χ0n) is 74.6. The maximum atomic E-state index is 2.52. The number of anilines is 6. The highest BCUT2D eigenvalue weighted by Crippen LogP contribution is 2.65. The molecule has 135 heavy (non-hydrogen) atoms. The van der Waals surface area contributed by atoms with Crippen LogP contribution in [0.25, 0.3) is 152 Å². The molecule has 0 unspecified atom stereocenters. The predicted octanol–water partition coefficient (Wildman–Crippen LogP) is 36.1. The molecule has 634 valence electrons. The third kappa shape index (κ3) is 12.7. The molecule has 0 N–H and O–H groups in total. The van der Waals surface area contributed by atoms with E-state index in [1.165, 1.54) is 213 Å². The molecule has 21 aromatic carbocycles. The summed E-state index contributed by atoms with van der Waals surface area (Å²) in [5.41, 5.74) is 44.0. The standard InChI is InChI=1S/C67H43NS.C64H45NS/c1-3-17-44(18-4-1)45-31-36-50(37-32-45)68(64-29-15-10-21-52(64)46-19-5-2-6-20-46)51-38-33-47(34-39-51)58-41-49(42-59-57-25-11-16-30-65(57)69-66(58)59)48-35-40-56-55-24-9-14-28-62(55)67(63(56)43-48)60-26-12-7-22-53(60)54-23-8-13-27-61(54)67;1-63(2)56-27-15-12-24-50(56)52-37-35-49(41-58(52)63)65(48-33-30-43(31-34-48)42-18-6-3-7-19-42)60-40-45(38-55-54-26-14-17-29-61(54)66-62(55)60)44-32-36-53-51-25-13-16-28-57(51)64(59(53)39-44,46-20-8-4-9-21-46)47-22-10-5-11-23-47/h1-43H;3-41H,1-2H3. The van der Waals surface area contributed by atoms with Crippen molar-refractivity contribution >= 4 is 97.1 Å². The number of para-hydroxylation sites is 1. The Hall–Kier alpha value is -16.3. The van der Waals surface area contributed by atoms with Crippen molar-refractivity contribution in [3.05, 3.63) is 553 Å². The molecule has 0 amide bonds. The van der Waals surface area contributed by atoms with Gasteiger partial charge in [0.25, 0.3) is 0 Å². The highest BCUT2D eigenvalue weighted by molar-refractivity contribution is 7.26. The van der Waals surface area contributed by atoms with Gasteiger partial charge in [0.2, 0.25) is 0 Å². The Bertz CT molecular complexity index is 8500. The molecule has 1 spiro atoms. The first-order valence-electron chi connectivity index (χ1n) is 46.8. The summed E-state index contributed by atoms with van der Waals surface area (Å²) in [7, 11) is 0. The van der Waals surface area contributed by atoms with Crippen molar-refractivity contribution in [3.63, 3.8) is 0 Å². The summed E-state index contributed by atoms with van der Waals surface area (Å²) in [6.45, 7) is 4.75.